The number of anilines is 1. The van der Waals surface area contributed by atoms with Crippen LogP contribution in [0.1, 0.15) is 30.6 Å². The lowest BCUT2D eigenvalue weighted by atomic mass is 10.0. The van der Waals surface area contributed by atoms with Crippen molar-refractivity contribution in [1.82, 2.24) is 5.32 Å². The van der Waals surface area contributed by atoms with Crippen molar-refractivity contribution >= 4 is 33.5 Å². The minimum Gasteiger partial charge on any atom is -0.480 e. The van der Waals surface area contributed by atoms with Crippen LogP contribution < -0.4 is 11.1 Å². The number of carboxylic acid groups (broad SMARTS) is 1. The van der Waals surface area contributed by atoms with Gasteiger partial charge < -0.3 is 16.2 Å². The van der Waals surface area contributed by atoms with E-state index in [-0.39, 0.29) is 5.92 Å². The number of carbonyl (C=O) groups excluding carboxylic acids is 1. The van der Waals surface area contributed by atoms with Gasteiger partial charge in [-0.05, 0) is 46.5 Å². The second-order valence-corrected chi connectivity index (χ2v) is 5.58. The standard InChI is InChI=1S/C13H17BrN2O3/c1-7(2)5-11(13(18)19)16-12(17)8-3-4-9(14)10(15)6-8/h3-4,6-7,11H,5,15H2,1-2H3,(H,16,17)(H,18,19)/t11-/m0/s1. The summed E-state index contributed by atoms with van der Waals surface area (Å²) in [6.07, 6.45) is 0.382. The first-order chi connectivity index (χ1) is 8.81. The van der Waals surface area contributed by atoms with Crippen molar-refractivity contribution in [3.8, 4) is 0 Å². The van der Waals surface area contributed by atoms with Crippen molar-refractivity contribution in [3.05, 3.63) is 28.2 Å². The fraction of sp³-hybridized carbons (Fsp3) is 0.385. The Kier molecular flexibility index (Phi) is 5.35. The van der Waals surface area contributed by atoms with Gasteiger partial charge in [0.05, 0.1) is 0 Å². The molecule has 1 aromatic rings. The third-order valence-corrected chi connectivity index (χ3v) is 3.29. The number of amides is 1. The van der Waals surface area contributed by atoms with E-state index in [0.29, 0.717) is 22.1 Å². The molecule has 4 N–H and O–H groups in total. The minimum atomic E-state index is -1.04. The molecule has 19 heavy (non-hydrogen) atoms. The molecule has 5 nitrogen and oxygen atoms in total. The van der Waals surface area contributed by atoms with E-state index in [2.05, 4.69) is 21.2 Å². The van der Waals surface area contributed by atoms with Crippen molar-refractivity contribution in [2.75, 3.05) is 5.73 Å². The van der Waals surface area contributed by atoms with Crippen LogP contribution in [0.25, 0.3) is 0 Å². The first-order valence-corrected chi connectivity index (χ1v) is 6.69. The lowest BCUT2D eigenvalue weighted by Gasteiger charge is -2.16. The topological polar surface area (TPSA) is 92.4 Å². The van der Waals surface area contributed by atoms with Gasteiger partial charge in [0, 0.05) is 15.7 Å². The average Bonchev–Trinajstić information content (AvgIpc) is 2.31. The third kappa shape index (κ3) is 4.55. The van der Waals surface area contributed by atoms with Crippen molar-refractivity contribution < 1.29 is 14.7 Å². The first kappa shape index (κ1) is 15.5. The molecule has 1 aromatic carbocycles. The number of nitrogen functional groups attached to an aromatic ring is 1. The van der Waals surface area contributed by atoms with Gasteiger partial charge in [-0.15, -0.1) is 0 Å². The highest BCUT2D eigenvalue weighted by atomic mass is 79.9. The molecule has 0 bridgehead atoms. The number of halogens is 1. The zero-order valence-electron chi connectivity index (χ0n) is 10.8. The molecule has 1 atom stereocenters. The summed E-state index contributed by atoms with van der Waals surface area (Å²) in [6.45, 7) is 3.80. The fourth-order valence-corrected chi connectivity index (χ4v) is 1.87. The number of carboxylic acids is 1. The highest BCUT2D eigenvalue weighted by Crippen LogP contribution is 2.20. The quantitative estimate of drug-likeness (QED) is 0.723. The lowest BCUT2D eigenvalue weighted by Crippen LogP contribution is -2.41. The van der Waals surface area contributed by atoms with Crippen LogP contribution in [0.4, 0.5) is 5.69 Å². The summed E-state index contributed by atoms with van der Waals surface area (Å²) in [4.78, 5) is 23.0. The normalized spacial score (nSPS) is 12.2. The van der Waals surface area contributed by atoms with Gasteiger partial charge in [-0.25, -0.2) is 4.79 Å². The number of carbonyl (C=O) groups is 2. The second-order valence-electron chi connectivity index (χ2n) is 4.73. The molecule has 0 saturated heterocycles. The van der Waals surface area contributed by atoms with E-state index in [1.807, 2.05) is 13.8 Å². The number of nitrogens with two attached hydrogens (primary N) is 1. The molecule has 0 fully saturated rings. The van der Waals surface area contributed by atoms with Crippen molar-refractivity contribution in [2.45, 2.75) is 26.3 Å². The van der Waals surface area contributed by atoms with Gasteiger partial charge in [0.2, 0.25) is 0 Å². The molecule has 0 heterocycles. The van der Waals surface area contributed by atoms with Crippen molar-refractivity contribution in [1.29, 1.82) is 0 Å². The molecule has 0 aliphatic carbocycles. The maximum absolute atomic E-state index is 12.0. The summed E-state index contributed by atoms with van der Waals surface area (Å²) in [7, 11) is 0. The van der Waals surface area contributed by atoms with Gasteiger partial charge in [0.1, 0.15) is 6.04 Å². The van der Waals surface area contributed by atoms with Crippen LogP contribution in [-0.2, 0) is 4.79 Å². The molecule has 0 unspecified atom stereocenters. The van der Waals surface area contributed by atoms with Crippen LogP contribution >= 0.6 is 15.9 Å². The van der Waals surface area contributed by atoms with Crippen LogP contribution in [0.15, 0.2) is 22.7 Å². The highest BCUT2D eigenvalue weighted by molar-refractivity contribution is 9.10. The van der Waals surface area contributed by atoms with E-state index in [0.717, 1.165) is 0 Å². The van der Waals surface area contributed by atoms with Crippen LogP contribution in [0.5, 0.6) is 0 Å². The summed E-state index contributed by atoms with van der Waals surface area (Å²) in [6, 6.07) is 3.86. The van der Waals surface area contributed by atoms with Crippen LogP contribution in [0.3, 0.4) is 0 Å². The van der Waals surface area contributed by atoms with Crippen LogP contribution in [0.2, 0.25) is 0 Å². The van der Waals surface area contributed by atoms with E-state index in [4.69, 9.17) is 10.8 Å². The van der Waals surface area contributed by atoms with Gasteiger partial charge in [-0.3, -0.25) is 4.79 Å². The second kappa shape index (κ2) is 6.56. The number of rotatable bonds is 5. The smallest absolute Gasteiger partial charge is 0.326 e. The summed E-state index contributed by atoms with van der Waals surface area (Å²) >= 11 is 3.23. The van der Waals surface area contributed by atoms with Crippen molar-refractivity contribution in [2.24, 2.45) is 5.92 Å². The Labute approximate surface area is 120 Å². The van der Waals surface area contributed by atoms with Crippen molar-refractivity contribution in [3.63, 3.8) is 0 Å². The molecular formula is C13H17BrN2O3. The molecule has 0 aromatic heterocycles. The van der Waals surface area contributed by atoms with Crippen LogP contribution in [0, 0.1) is 5.92 Å². The monoisotopic (exact) mass is 328 g/mol. The molecule has 0 aliphatic heterocycles. The van der Waals surface area contributed by atoms with Gasteiger partial charge in [-0.1, -0.05) is 13.8 Å². The SMILES string of the molecule is CC(C)C[C@H](NC(=O)c1ccc(Br)c(N)c1)C(=O)O. The van der Waals surface area contributed by atoms with Gasteiger partial charge >= 0.3 is 5.97 Å². The Hall–Kier alpha value is -1.56. The number of benzene rings is 1. The Morgan fingerprint density at radius 2 is 2.05 bits per heavy atom. The van der Waals surface area contributed by atoms with E-state index >= 15 is 0 Å². The number of hydrogen-bond donors (Lipinski definition) is 3. The van der Waals surface area contributed by atoms with E-state index < -0.39 is 17.9 Å². The molecular weight excluding hydrogens is 312 g/mol. The van der Waals surface area contributed by atoms with Gasteiger partial charge in [-0.2, -0.15) is 0 Å². The molecule has 0 spiro atoms. The zero-order chi connectivity index (χ0) is 14.6. The minimum absolute atomic E-state index is 0.177. The maximum atomic E-state index is 12.0. The van der Waals surface area contributed by atoms with E-state index in [9.17, 15) is 9.59 Å². The predicted octanol–water partition coefficient (Wildman–Crippen LogP) is 2.26. The molecule has 0 saturated carbocycles. The van der Waals surface area contributed by atoms with E-state index in [1.54, 1.807) is 12.1 Å². The Bertz CT molecular complexity index is 489. The molecule has 0 aliphatic rings. The average molecular weight is 329 g/mol. The fourth-order valence-electron chi connectivity index (χ4n) is 1.62. The number of hydrogen-bond acceptors (Lipinski definition) is 3. The molecule has 104 valence electrons. The van der Waals surface area contributed by atoms with Gasteiger partial charge in [0.25, 0.3) is 5.91 Å². The number of nitrogens with one attached hydrogen (secondary N) is 1. The molecule has 0 radical (unpaired) electrons. The number of aliphatic carboxylic acids is 1. The third-order valence-electron chi connectivity index (χ3n) is 2.57. The summed E-state index contributed by atoms with van der Waals surface area (Å²) in [5.74, 6) is -1.30. The summed E-state index contributed by atoms with van der Waals surface area (Å²) in [5, 5.41) is 11.6. The largest absolute Gasteiger partial charge is 0.480 e. The Morgan fingerprint density at radius 3 is 2.53 bits per heavy atom. The summed E-state index contributed by atoms with van der Waals surface area (Å²) in [5.41, 5.74) is 6.46. The molecule has 1 amide bonds. The predicted molar refractivity (Wildman–Crippen MR) is 76.9 cm³/mol. The molecule has 1 rings (SSSR count). The Balaban J connectivity index is 2.81. The highest BCUT2D eigenvalue weighted by Gasteiger charge is 2.21. The summed E-state index contributed by atoms with van der Waals surface area (Å²) < 4.78 is 0.695. The first-order valence-electron chi connectivity index (χ1n) is 5.90. The van der Waals surface area contributed by atoms with E-state index in [1.165, 1.54) is 6.07 Å². The maximum Gasteiger partial charge on any atom is 0.326 e. The zero-order valence-corrected chi connectivity index (χ0v) is 12.4. The molecule has 6 heteroatoms. The van der Waals surface area contributed by atoms with Crippen LogP contribution in [-0.4, -0.2) is 23.0 Å². The lowest BCUT2D eigenvalue weighted by molar-refractivity contribution is -0.139. The Morgan fingerprint density at radius 1 is 1.42 bits per heavy atom. The van der Waals surface area contributed by atoms with Gasteiger partial charge in [0.15, 0.2) is 0 Å².